The number of carbonyl (C=O) groups is 1. The van der Waals surface area contributed by atoms with E-state index in [1.54, 1.807) is 24.3 Å². The number of fused-ring (bicyclic) bond motifs is 1. The van der Waals surface area contributed by atoms with Gasteiger partial charge < -0.3 is 18.8 Å². The van der Waals surface area contributed by atoms with Gasteiger partial charge in [0.25, 0.3) is 5.89 Å². The zero-order valence-corrected chi connectivity index (χ0v) is 17.2. The minimum atomic E-state index is -4.13. The molecule has 0 N–H and O–H groups in total. The largest absolute Gasteiger partial charge is 0.497 e. The van der Waals surface area contributed by atoms with Crippen LogP contribution in [0.25, 0.3) is 11.5 Å². The highest BCUT2D eigenvalue weighted by Crippen LogP contribution is 2.33. The fourth-order valence-electron chi connectivity index (χ4n) is 3.33. The molecule has 1 aliphatic heterocycles. The van der Waals surface area contributed by atoms with Gasteiger partial charge in [-0.3, -0.25) is 4.79 Å². The number of anilines is 1. The minimum Gasteiger partial charge on any atom is -0.497 e. The Bertz CT molecular complexity index is 1200. The first-order chi connectivity index (χ1) is 14.4. The number of benzene rings is 2. The summed E-state index contributed by atoms with van der Waals surface area (Å²) in [6.45, 7) is 0.434. The van der Waals surface area contributed by atoms with Crippen LogP contribution in [0.2, 0.25) is 0 Å². The van der Waals surface area contributed by atoms with Crippen LogP contribution < -0.4 is 14.4 Å². The first-order valence-electron chi connectivity index (χ1n) is 9.10. The highest BCUT2D eigenvalue weighted by molar-refractivity contribution is 7.91. The Kier molecular flexibility index (Phi) is 5.17. The molecule has 0 unspecified atom stereocenters. The van der Waals surface area contributed by atoms with Gasteiger partial charge in [-0.1, -0.05) is 23.3 Å². The zero-order chi connectivity index (χ0) is 21.3. The van der Waals surface area contributed by atoms with E-state index in [1.165, 1.54) is 19.1 Å². The van der Waals surface area contributed by atoms with E-state index >= 15 is 0 Å². The van der Waals surface area contributed by atoms with Crippen LogP contribution in [0, 0.1) is 0 Å². The predicted octanol–water partition coefficient (Wildman–Crippen LogP) is 2.12. The number of methoxy groups -OCH3 is 2. The summed E-state index contributed by atoms with van der Waals surface area (Å²) in [7, 11) is -1.16. The molecule has 156 valence electrons. The van der Waals surface area contributed by atoms with Crippen LogP contribution in [0.4, 0.5) is 5.69 Å². The summed E-state index contributed by atoms with van der Waals surface area (Å²) in [5.74, 6) is -0.440. The molecule has 0 spiro atoms. The minimum absolute atomic E-state index is 0.0525. The maximum absolute atomic E-state index is 12.7. The number of para-hydroxylation sites is 1. The van der Waals surface area contributed by atoms with Crippen molar-refractivity contribution in [3.8, 4) is 23.0 Å². The molecule has 10 heteroatoms. The molecule has 4 rings (SSSR count). The molecule has 0 atom stereocenters. The number of ether oxygens (including phenoxy) is 2. The molecule has 2 heterocycles. The van der Waals surface area contributed by atoms with Crippen LogP contribution in [0.15, 0.2) is 52.1 Å². The van der Waals surface area contributed by atoms with Gasteiger partial charge in [0.1, 0.15) is 17.3 Å². The quantitative estimate of drug-likeness (QED) is 0.586. The topological polar surface area (TPSA) is 112 Å². The van der Waals surface area contributed by atoms with Crippen molar-refractivity contribution in [2.24, 2.45) is 0 Å². The number of carbonyl (C=O) groups excluding carboxylic acids is 1. The Morgan fingerprint density at radius 2 is 1.93 bits per heavy atom. The second kappa shape index (κ2) is 7.79. The van der Waals surface area contributed by atoms with Gasteiger partial charge in [-0.05, 0) is 36.2 Å². The van der Waals surface area contributed by atoms with E-state index in [0.29, 0.717) is 30.0 Å². The molecule has 0 saturated carbocycles. The molecule has 1 aliphatic rings. The fourth-order valence-corrected chi connectivity index (χ4v) is 4.30. The summed E-state index contributed by atoms with van der Waals surface area (Å²) in [6.07, 6.45) is 0.683. The van der Waals surface area contributed by atoms with Gasteiger partial charge in [-0.15, -0.1) is 5.10 Å². The second-order valence-corrected chi connectivity index (χ2v) is 8.49. The van der Waals surface area contributed by atoms with Crippen LogP contribution in [0.1, 0.15) is 5.56 Å². The molecule has 2 aromatic carbocycles. The van der Waals surface area contributed by atoms with Gasteiger partial charge in [0, 0.05) is 12.2 Å². The monoisotopic (exact) mass is 429 g/mol. The average Bonchev–Trinajstić information content (AvgIpc) is 3.41. The van der Waals surface area contributed by atoms with Crippen molar-refractivity contribution < 1.29 is 27.1 Å². The van der Waals surface area contributed by atoms with E-state index in [-0.39, 0.29) is 5.89 Å². The van der Waals surface area contributed by atoms with Crippen LogP contribution in [0.3, 0.4) is 0 Å². The first kappa shape index (κ1) is 19.9. The molecule has 0 aliphatic carbocycles. The number of sulfone groups is 1. The molecule has 30 heavy (non-hydrogen) atoms. The molecule has 0 saturated heterocycles. The van der Waals surface area contributed by atoms with Gasteiger partial charge in [0.15, 0.2) is 0 Å². The maximum Gasteiger partial charge on any atom is 0.336 e. The lowest BCUT2D eigenvalue weighted by atomic mass is 10.2. The molecular weight excluding hydrogens is 410 g/mol. The molecule has 0 fully saturated rings. The zero-order valence-electron chi connectivity index (χ0n) is 16.4. The summed E-state index contributed by atoms with van der Waals surface area (Å²) >= 11 is 0. The van der Waals surface area contributed by atoms with Crippen LogP contribution in [-0.2, 0) is 21.1 Å². The third-order valence-electron chi connectivity index (χ3n) is 4.81. The Morgan fingerprint density at radius 3 is 2.70 bits per heavy atom. The van der Waals surface area contributed by atoms with E-state index in [4.69, 9.17) is 13.9 Å². The number of hydrogen-bond donors (Lipinski definition) is 0. The number of amides is 1. The van der Waals surface area contributed by atoms with Gasteiger partial charge in [0.2, 0.25) is 15.7 Å². The van der Waals surface area contributed by atoms with E-state index in [0.717, 1.165) is 11.3 Å². The smallest absolute Gasteiger partial charge is 0.336 e. The normalized spacial score (nSPS) is 13.2. The summed E-state index contributed by atoms with van der Waals surface area (Å²) in [6, 6.07) is 12.3. The molecular formula is C20H19N3O6S. The number of nitrogens with zero attached hydrogens (tertiary/aromatic N) is 3. The first-order valence-corrected chi connectivity index (χ1v) is 10.7. The Morgan fingerprint density at radius 1 is 1.13 bits per heavy atom. The summed E-state index contributed by atoms with van der Waals surface area (Å²) < 4.78 is 41.3. The molecule has 1 amide bonds. The molecule has 0 bridgehead atoms. The van der Waals surface area contributed by atoms with Crippen LogP contribution in [0.5, 0.6) is 11.5 Å². The van der Waals surface area contributed by atoms with E-state index < -0.39 is 26.7 Å². The second-order valence-electron chi connectivity index (χ2n) is 6.62. The van der Waals surface area contributed by atoms with E-state index in [1.807, 2.05) is 18.2 Å². The summed E-state index contributed by atoms with van der Waals surface area (Å²) in [5, 5.41) is 6.85. The number of hydrogen-bond acceptors (Lipinski definition) is 8. The SMILES string of the molecule is COc1ccc(OC)c(-c2nnc(S(=O)(=O)CC(=O)N3CCc4ccccc43)o2)c1. The third-order valence-corrected chi connectivity index (χ3v) is 6.14. The standard InChI is InChI=1S/C20H19N3O6S/c1-27-14-7-8-17(28-2)15(11-14)19-21-22-20(29-19)30(25,26)12-18(24)23-10-9-13-5-3-4-6-16(13)23/h3-8,11H,9-10,12H2,1-2H3. The molecule has 9 nitrogen and oxygen atoms in total. The fraction of sp³-hybridized carbons (Fsp3) is 0.250. The van der Waals surface area contributed by atoms with E-state index in [9.17, 15) is 13.2 Å². The van der Waals surface area contributed by atoms with Gasteiger partial charge in [-0.25, -0.2) is 8.42 Å². The van der Waals surface area contributed by atoms with Gasteiger partial charge in [0.05, 0.1) is 19.8 Å². The number of aromatic nitrogens is 2. The molecule has 3 aromatic rings. The lowest BCUT2D eigenvalue weighted by molar-refractivity contribution is -0.116. The number of rotatable bonds is 6. The van der Waals surface area contributed by atoms with Crippen molar-refractivity contribution in [1.29, 1.82) is 0 Å². The van der Waals surface area contributed by atoms with Crippen molar-refractivity contribution in [2.75, 3.05) is 31.4 Å². The van der Waals surface area contributed by atoms with Crippen molar-refractivity contribution in [2.45, 2.75) is 11.6 Å². The Balaban J connectivity index is 1.58. The highest BCUT2D eigenvalue weighted by Gasteiger charge is 2.32. The summed E-state index contributed by atoms with van der Waals surface area (Å²) in [4.78, 5) is 14.1. The lowest BCUT2D eigenvalue weighted by Crippen LogP contribution is -2.34. The summed E-state index contributed by atoms with van der Waals surface area (Å²) in [5.41, 5.74) is 2.11. The van der Waals surface area contributed by atoms with Crippen molar-refractivity contribution in [1.82, 2.24) is 10.2 Å². The maximum atomic E-state index is 12.7. The molecule has 1 aromatic heterocycles. The Hall–Kier alpha value is -3.40. The van der Waals surface area contributed by atoms with Crippen molar-refractivity contribution >= 4 is 21.4 Å². The highest BCUT2D eigenvalue weighted by atomic mass is 32.2. The van der Waals surface area contributed by atoms with E-state index in [2.05, 4.69) is 10.2 Å². The van der Waals surface area contributed by atoms with Crippen LogP contribution >= 0.6 is 0 Å². The average molecular weight is 429 g/mol. The lowest BCUT2D eigenvalue weighted by Gasteiger charge is -2.16. The molecule has 0 radical (unpaired) electrons. The third kappa shape index (κ3) is 3.61. The van der Waals surface area contributed by atoms with Crippen LogP contribution in [-0.4, -0.2) is 51.0 Å². The van der Waals surface area contributed by atoms with Crippen molar-refractivity contribution in [3.63, 3.8) is 0 Å². The van der Waals surface area contributed by atoms with Gasteiger partial charge >= 0.3 is 5.22 Å². The van der Waals surface area contributed by atoms with Crippen molar-refractivity contribution in [3.05, 3.63) is 48.0 Å². The van der Waals surface area contributed by atoms with Gasteiger partial charge in [-0.2, -0.15) is 0 Å². The Labute approximate surface area is 173 Å². The predicted molar refractivity (Wildman–Crippen MR) is 107 cm³/mol.